The Bertz CT molecular complexity index is 616. The lowest BCUT2D eigenvalue weighted by Crippen LogP contribution is -2.50. The predicted octanol–water partition coefficient (Wildman–Crippen LogP) is 2.10. The maximum atomic E-state index is 12.1. The van der Waals surface area contributed by atoms with Gasteiger partial charge in [-0.2, -0.15) is 0 Å². The Morgan fingerprint density at radius 3 is 2.57 bits per heavy atom. The van der Waals surface area contributed by atoms with Gasteiger partial charge in [-0.15, -0.1) is 11.8 Å². The number of anilines is 1. The first-order valence-electron chi connectivity index (χ1n) is 9.73. The molecule has 0 aromatic heterocycles. The van der Waals surface area contributed by atoms with Crippen LogP contribution in [0.3, 0.4) is 0 Å². The molecule has 0 bridgehead atoms. The van der Waals surface area contributed by atoms with Gasteiger partial charge in [-0.25, -0.2) is 4.79 Å². The number of nitrogens with one attached hydrogen (secondary N) is 1. The van der Waals surface area contributed by atoms with Crippen LogP contribution < -0.4 is 5.32 Å². The topological polar surface area (TPSA) is 85.3 Å². The van der Waals surface area contributed by atoms with E-state index in [9.17, 15) is 9.90 Å². The first-order chi connectivity index (χ1) is 13.3. The molecule has 1 fully saturated rings. The van der Waals surface area contributed by atoms with Gasteiger partial charge in [0, 0.05) is 55.6 Å². The molecule has 2 rings (SSSR count). The minimum Gasteiger partial charge on any atom is -0.444 e. The third kappa shape index (κ3) is 7.87. The summed E-state index contributed by atoms with van der Waals surface area (Å²) in [6.07, 6.45) is -0.995. The Morgan fingerprint density at radius 2 is 1.93 bits per heavy atom. The fourth-order valence-electron chi connectivity index (χ4n) is 2.80. The predicted molar refractivity (Wildman–Crippen MR) is 113 cm³/mol. The summed E-state index contributed by atoms with van der Waals surface area (Å²) in [5.41, 5.74) is 0.509. The lowest BCUT2D eigenvalue weighted by Gasteiger charge is -2.35. The van der Waals surface area contributed by atoms with E-state index in [4.69, 9.17) is 9.84 Å². The molecule has 1 aliphatic heterocycles. The number of nitrogens with zero attached hydrogens (tertiary/aromatic N) is 2. The quantitative estimate of drug-likeness (QED) is 0.565. The van der Waals surface area contributed by atoms with Gasteiger partial charge in [0.2, 0.25) is 0 Å². The van der Waals surface area contributed by atoms with E-state index in [1.807, 2.05) is 39.0 Å². The molecule has 3 N–H and O–H groups in total. The Hall–Kier alpha value is -1.48. The minimum absolute atomic E-state index is 0.230. The van der Waals surface area contributed by atoms with Gasteiger partial charge in [0.1, 0.15) is 5.60 Å². The number of thioether (sulfide) groups is 1. The van der Waals surface area contributed by atoms with Crippen molar-refractivity contribution in [1.29, 1.82) is 0 Å². The average Bonchev–Trinajstić information content (AvgIpc) is 2.66. The zero-order valence-corrected chi connectivity index (χ0v) is 17.9. The number of carbonyl (C=O) groups is 1. The van der Waals surface area contributed by atoms with Gasteiger partial charge in [0.15, 0.2) is 0 Å². The van der Waals surface area contributed by atoms with E-state index in [2.05, 4.69) is 16.3 Å². The smallest absolute Gasteiger partial charge is 0.410 e. The van der Waals surface area contributed by atoms with Gasteiger partial charge < -0.3 is 25.2 Å². The molecule has 158 valence electrons. The van der Waals surface area contributed by atoms with Crippen molar-refractivity contribution in [1.82, 2.24) is 9.80 Å². The van der Waals surface area contributed by atoms with Crippen LogP contribution >= 0.6 is 11.8 Å². The molecular weight excluding hydrogens is 378 g/mol. The standard InChI is InChI=1S/C20H33N3O4S/c1-20(2,3)27-19(26)23-10-8-22(9-11-23)12-13-28-18-7-5-4-6-17(18)21-14-16(25)15-24/h4-7,16,21,24-25H,8-15H2,1-3H3. The number of carbonyl (C=O) groups excluding carboxylic acids is 1. The number of benzene rings is 1. The van der Waals surface area contributed by atoms with Crippen molar-refractivity contribution in [2.24, 2.45) is 0 Å². The number of hydrogen-bond acceptors (Lipinski definition) is 7. The number of rotatable bonds is 8. The van der Waals surface area contributed by atoms with Gasteiger partial charge in [-0.05, 0) is 32.9 Å². The molecule has 1 atom stereocenters. The largest absolute Gasteiger partial charge is 0.444 e. The first kappa shape index (κ1) is 22.8. The van der Waals surface area contributed by atoms with Crippen molar-refractivity contribution in [2.75, 3.05) is 56.9 Å². The summed E-state index contributed by atoms with van der Waals surface area (Å²) in [5, 5.41) is 21.6. The summed E-state index contributed by atoms with van der Waals surface area (Å²) in [4.78, 5) is 17.4. The second kappa shape index (κ2) is 10.9. The normalized spacial score (nSPS) is 16.7. The summed E-state index contributed by atoms with van der Waals surface area (Å²) in [5.74, 6) is 0.938. The van der Waals surface area contributed by atoms with E-state index in [1.165, 1.54) is 0 Å². The van der Waals surface area contributed by atoms with Crippen LogP contribution in [0.15, 0.2) is 29.2 Å². The van der Waals surface area contributed by atoms with Crippen LogP contribution in [0.2, 0.25) is 0 Å². The van der Waals surface area contributed by atoms with Crippen molar-refractivity contribution >= 4 is 23.5 Å². The number of aliphatic hydroxyl groups is 2. The van der Waals surface area contributed by atoms with Crippen LogP contribution in [0, 0.1) is 0 Å². The number of para-hydroxylation sites is 1. The van der Waals surface area contributed by atoms with Crippen LogP contribution in [-0.4, -0.2) is 89.4 Å². The summed E-state index contributed by atoms with van der Waals surface area (Å²) >= 11 is 1.76. The summed E-state index contributed by atoms with van der Waals surface area (Å²) < 4.78 is 5.44. The maximum Gasteiger partial charge on any atom is 0.410 e. The third-order valence-corrected chi connectivity index (χ3v) is 5.37. The lowest BCUT2D eigenvalue weighted by atomic mass is 10.2. The van der Waals surface area contributed by atoms with E-state index in [-0.39, 0.29) is 12.7 Å². The van der Waals surface area contributed by atoms with E-state index < -0.39 is 11.7 Å². The zero-order chi connectivity index (χ0) is 20.6. The first-order valence-corrected chi connectivity index (χ1v) is 10.7. The molecule has 0 spiro atoms. The number of amides is 1. The molecule has 1 aromatic carbocycles. The van der Waals surface area contributed by atoms with Crippen molar-refractivity contribution < 1.29 is 19.7 Å². The third-order valence-electron chi connectivity index (χ3n) is 4.32. The van der Waals surface area contributed by atoms with Crippen LogP contribution in [0.4, 0.5) is 10.5 Å². The van der Waals surface area contributed by atoms with Gasteiger partial charge >= 0.3 is 6.09 Å². The van der Waals surface area contributed by atoms with Crippen LogP contribution in [-0.2, 0) is 4.74 Å². The van der Waals surface area contributed by atoms with Crippen molar-refractivity contribution in [3.8, 4) is 0 Å². The summed E-state index contributed by atoms with van der Waals surface area (Å²) in [6, 6.07) is 7.98. The van der Waals surface area contributed by atoms with Crippen LogP contribution in [0.1, 0.15) is 20.8 Å². The molecule has 1 aromatic rings. The Morgan fingerprint density at radius 1 is 1.25 bits per heavy atom. The molecule has 1 amide bonds. The fraction of sp³-hybridized carbons (Fsp3) is 0.650. The molecule has 7 nitrogen and oxygen atoms in total. The molecule has 1 unspecified atom stereocenters. The maximum absolute atomic E-state index is 12.1. The minimum atomic E-state index is -0.765. The highest BCUT2D eigenvalue weighted by Crippen LogP contribution is 2.27. The van der Waals surface area contributed by atoms with E-state index in [0.29, 0.717) is 19.6 Å². The Balaban J connectivity index is 1.73. The molecular formula is C20H33N3O4S. The van der Waals surface area contributed by atoms with Gasteiger partial charge in [-0.3, -0.25) is 4.90 Å². The van der Waals surface area contributed by atoms with Crippen LogP contribution in [0.25, 0.3) is 0 Å². The van der Waals surface area contributed by atoms with Gasteiger partial charge in [0.05, 0.1) is 12.7 Å². The van der Waals surface area contributed by atoms with Gasteiger partial charge in [0.25, 0.3) is 0 Å². The molecule has 0 saturated carbocycles. The Labute approximate surface area is 172 Å². The van der Waals surface area contributed by atoms with Crippen molar-refractivity contribution in [2.45, 2.75) is 37.4 Å². The zero-order valence-electron chi connectivity index (χ0n) is 17.1. The van der Waals surface area contributed by atoms with E-state index >= 15 is 0 Å². The molecule has 0 radical (unpaired) electrons. The van der Waals surface area contributed by atoms with Crippen molar-refractivity contribution in [3.63, 3.8) is 0 Å². The highest BCUT2D eigenvalue weighted by molar-refractivity contribution is 7.99. The molecule has 0 aliphatic carbocycles. The average molecular weight is 412 g/mol. The molecule has 1 heterocycles. The number of ether oxygens (including phenoxy) is 1. The second-order valence-electron chi connectivity index (χ2n) is 7.87. The molecule has 28 heavy (non-hydrogen) atoms. The SMILES string of the molecule is CC(C)(C)OC(=O)N1CCN(CCSc2ccccc2NCC(O)CO)CC1. The van der Waals surface area contributed by atoms with Gasteiger partial charge in [-0.1, -0.05) is 12.1 Å². The highest BCUT2D eigenvalue weighted by Gasteiger charge is 2.25. The summed E-state index contributed by atoms with van der Waals surface area (Å²) in [7, 11) is 0. The highest BCUT2D eigenvalue weighted by atomic mass is 32.2. The molecule has 1 aliphatic rings. The Kier molecular flexibility index (Phi) is 8.88. The van der Waals surface area contributed by atoms with Crippen LogP contribution in [0.5, 0.6) is 0 Å². The molecule has 8 heteroatoms. The number of aliphatic hydroxyl groups excluding tert-OH is 2. The van der Waals surface area contributed by atoms with Crippen molar-refractivity contribution in [3.05, 3.63) is 24.3 Å². The fourth-order valence-corrected chi connectivity index (χ4v) is 3.84. The number of hydrogen-bond donors (Lipinski definition) is 3. The number of piperazine rings is 1. The van der Waals surface area contributed by atoms with E-state index in [0.717, 1.165) is 36.0 Å². The second-order valence-corrected chi connectivity index (χ2v) is 9.01. The summed E-state index contributed by atoms with van der Waals surface area (Å²) in [6.45, 7) is 9.75. The van der Waals surface area contributed by atoms with E-state index in [1.54, 1.807) is 16.7 Å². The lowest BCUT2D eigenvalue weighted by molar-refractivity contribution is 0.0150. The monoisotopic (exact) mass is 411 g/mol. The molecule has 1 saturated heterocycles.